The first-order chi connectivity index (χ1) is 13.7. The molecule has 1 saturated heterocycles. The molecule has 0 bridgehead atoms. The molecule has 0 radical (unpaired) electrons. The minimum Gasteiger partial charge on any atom is -0.337 e. The van der Waals surface area contributed by atoms with E-state index in [1.807, 2.05) is 33.7 Å². The molecule has 1 amide bonds. The minimum absolute atomic E-state index is 0.0119. The van der Waals surface area contributed by atoms with Crippen LogP contribution >= 0.6 is 0 Å². The van der Waals surface area contributed by atoms with Crippen molar-refractivity contribution in [3.05, 3.63) is 47.7 Å². The van der Waals surface area contributed by atoms with Gasteiger partial charge in [-0.05, 0) is 31.6 Å². The van der Waals surface area contributed by atoms with Gasteiger partial charge >= 0.3 is 0 Å². The SMILES string of the molecule is CCN(CC)Cc1nc(-c2ncn3c2[C@@H]2CCN2C(=O)c2ccccc2-3)no1. The van der Waals surface area contributed by atoms with Crippen LogP contribution in [-0.4, -0.2) is 55.0 Å². The molecule has 2 aromatic heterocycles. The Kier molecular flexibility index (Phi) is 4.01. The van der Waals surface area contributed by atoms with Crippen LogP contribution in [0.25, 0.3) is 17.2 Å². The van der Waals surface area contributed by atoms with Gasteiger partial charge in [0.2, 0.25) is 11.7 Å². The van der Waals surface area contributed by atoms with E-state index in [4.69, 9.17) is 4.52 Å². The van der Waals surface area contributed by atoms with Gasteiger partial charge in [0.15, 0.2) is 0 Å². The third-order valence-corrected chi connectivity index (χ3v) is 5.73. The quantitative estimate of drug-likeness (QED) is 0.679. The lowest BCUT2D eigenvalue weighted by atomic mass is 9.97. The number of rotatable bonds is 5. The Bertz CT molecular complexity index is 1040. The average molecular weight is 378 g/mol. The molecule has 28 heavy (non-hydrogen) atoms. The van der Waals surface area contributed by atoms with E-state index < -0.39 is 0 Å². The molecule has 1 atom stereocenters. The summed E-state index contributed by atoms with van der Waals surface area (Å²) in [5.74, 6) is 1.13. The molecule has 0 N–H and O–H groups in total. The number of nitrogens with zero attached hydrogens (tertiary/aromatic N) is 6. The van der Waals surface area contributed by atoms with Crippen molar-refractivity contribution >= 4 is 5.91 Å². The molecule has 0 aliphatic carbocycles. The van der Waals surface area contributed by atoms with Crippen LogP contribution in [0.3, 0.4) is 0 Å². The first-order valence-corrected chi connectivity index (χ1v) is 9.74. The van der Waals surface area contributed by atoms with Gasteiger partial charge in [0.05, 0.1) is 29.5 Å². The van der Waals surface area contributed by atoms with E-state index >= 15 is 0 Å². The Morgan fingerprint density at radius 2 is 2.07 bits per heavy atom. The number of amides is 1. The molecule has 4 heterocycles. The number of benzene rings is 1. The Morgan fingerprint density at radius 1 is 1.25 bits per heavy atom. The van der Waals surface area contributed by atoms with E-state index in [0.717, 1.165) is 37.4 Å². The molecule has 0 unspecified atom stereocenters. The number of hydrogen-bond acceptors (Lipinski definition) is 6. The zero-order valence-electron chi connectivity index (χ0n) is 16.0. The van der Waals surface area contributed by atoms with Crippen molar-refractivity contribution in [2.24, 2.45) is 0 Å². The first-order valence-electron chi connectivity index (χ1n) is 9.74. The van der Waals surface area contributed by atoms with Gasteiger partial charge in [-0.2, -0.15) is 4.98 Å². The number of imidazole rings is 1. The van der Waals surface area contributed by atoms with Gasteiger partial charge < -0.3 is 9.42 Å². The van der Waals surface area contributed by atoms with Gasteiger partial charge in [-0.3, -0.25) is 14.3 Å². The summed E-state index contributed by atoms with van der Waals surface area (Å²) in [6, 6.07) is 7.65. The summed E-state index contributed by atoms with van der Waals surface area (Å²) in [6.45, 7) is 7.42. The number of fused-ring (bicyclic) bond motifs is 5. The highest BCUT2D eigenvalue weighted by atomic mass is 16.5. The van der Waals surface area contributed by atoms with Gasteiger partial charge in [0.25, 0.3) is 5.91 Å². The highest BCUT2D eigenvalue weighted by molar-refractivity contribution is 5.99. The van der Waals surface area contributed by atoms with Crippen molar-refractivity contribution in [2.75, 3.05) is 19.6 Å². The summed E-state index contributed by atoms with van der Waals surface area (Å²) >= 11 is 0. The Balaban J connectivity index is 1.58. The van der Waals surface area contributed by atoms with Crippen LogP contribution in [0.5, 0.6) is 0 Å². The van der Waals surface area contributed by atoms with E-state index in [1.165, 1.54) is 0 Å². The van der Waals surface area contributed by atoms with Crippen LogP contribution in [-0.2, 0) is 6.54 Å². The summed E-state index contributed by atoms with van der Waals surface area (Å²) in [6.07, 6.45) is 2.67. The van der Waals surface area contributed by atoms with Crippen molar-refractivity contribution < 1.29 is 9.32 Å². The predicted molar refractivity (Wildman–Crippen MR) is 102 cm³/mol. The second kappa shape index (κ2) is 6.56. The van der Waals surface area contributed by atoms with Gasteiger partial charge in [0.1, 0.15) is 12.0 Å². The third-order valence-electron chi connectivity index (χ3n) is 5.73. The number of aromatic nitrogens is 4. The normalized spacial score (nSPS) is 17.8. The zero-order valence-corrected chi connectivity index (χ0v) is 16.0. The number of carbonyl (C=O) groups is 1. The smallest absolute Gasteiger partial charge is 0.256 e. The summed E-state index contributed by atoms with van der Waals surface area (Å²) in [4.78, 5) is 26.3. The summed E-state index contributed by atoms with van der Waals surface area (Å²) < 4.78 is 7.49. The largest absolute Gasteiger partial charge is 0.337 e. The zero-order chi connectivity index (χ0) is 19.3. The summed E-state index contributed by atoms with van der Waals surface area (Å²) in [5.41, 5.74) is 3.20. The number of para-hydroxylation sites is 1. The van der Waals surface area contributed by atoms with E-state index in [9.17, 15) is 4.79 Å². The molecule has 8 heteroatoms. The fourth-order valence-electron chi connectivity index (χ4n) is 4.03. The van der Waals surface area contributed by atoms with Crippen molar-refractivity contribution in [3.8, 4) is 17.2 Å². The molecule has 3 aromatic rings. The average Bonchev–Trinajstić information content (AvgIpc) is 3.30. The van der Waals surface area contributed by atoms with Crippen LogP contribution in [0, 0.1) is 0 Å². The Morgan fingerprint density at radius 3 is 2.82 bits per heavy atom. The van der Waals surface area contributed by atoms with Crippen molar-refractivity contribution in [2.45, 2.75) is 32.9 Å². The molecule has 2 aliphatic rings. The lowest BCUT2D eigenvalue weighted by molar-refractivity contribution is 0.0461. The standard InChI is InChI=1S/C20H22N6O2/c1-3-24(4-2)11-16-22-19(23-28-16)17-18-15-9-10-25(15)20(27)13-7-5-6-8-14(13)26(18)12-21-17/h5-8,12,15H,3-4,9-11H2,1-2H3/t15-/m0/s1. The van der Waals surface area contributed by atoms with Crippen LogP contribution in [0.2, 0.25) is 0 Å². The maximum atomic E-state index is 12.9. The maximum absolute atomic E-state index is 12.9. The predicted octanol–water partition coefficient (Wildman–Crippen LogP) is 2.66. The van der Waals surface area contributed by atoms with Crippen LogP contribution in [0.1, 0.15) is 48.3 Å². The van der Waals surface area contributed by atoms with Gasteiger partial charge in [0, 0.05) is 6.54 Å². The lowest BCUT2D eigenvalue weighted by Crippen LogP contribution is -2.44. The van der Waals surface area contributed by atoms with E-state index in [0.29, 0.717) is 29.5 Å². The molecule has 5 rings (SSSR count). The number of hydrogen-bond donors (Lipinski definition) is 0. The second-order valence-electron chi connectivity index (χ2n) is 7.14. The Labute approximate surface area is 162 Å². The minimum atomic E-state index is -0.0119. The summed E-state index contributed by atoms with van der Waals surface area (Å²) in [7, 11) is 0. The van der Waals surface area contributed by atoms with Crippen molar-refractivity contribution in [3.63, 3.8) is 0 Å². The summed E-state index contributed by atoms with van der Waals surface area (Å²) in [5, 5.41) is 4.19. The Hall–Kier alpha value is -3.00. The monoisotopic (exact) mass is 378 g/mol. The molecule has 144 valence electrons. The maximum Gasteiger partial charge on any atom is 0.256 e. The lowest BCUT2D eigenvalue weighted by Gasteiger charge is -2.39. The van der Waals surface area contributed by atoms with Crippen LogP contribution in [0.4, 0.5) is 0 Å². The fourth-order valence-corrected chi connectivity index (χ4v) is 4.03. The molecule has 2 aliphatic heterocycles. The van der Waals surface area contributed by atoms with E-state index in [-0.39, 0.29) is 11.9 Å². The first kappa shape index (κ1) is 17.1. The number of carbonyl (C=O) groups excluding carboxylic acids is 1. The molecule has 8 nitrogen and oxygen atoms in total. The molecular weight excluding hydrogens is 356 g/mol. The van der Waals surface area contributed by atoms with Crippen LogP contribution < -0.4 is 0 Å². The van der Waals surface area contributed by atoms with Gasteiger partial charge in [-0.25, -0.2) is 4.98 Å². The molecule has 0 spiro atoms. The van der Waals surface area contributed by atoms with Crippen LogP contribution in [0.15, 0.2) is 35.1 Å². The fraction of sp³-hybridized carbons (Fsp3) is 0.400. The topological polar surface area (TPSA) is 80.3 Å². The van der Waals surface area contributed by atoms with Crippen molar-refractivity contribution in [1.29, 1.82) is 0 Å². The molecule has 1 fully saturated rings. The second-order valence-corrected chi connectivity index (χ2v) is 7.14. The highest BCUT2D eigenvalue weighted by Gasteiger charge is 2.42. The molecule has 0 saturated carbocycles. The highest BCUT2D eigenvalue weighted by Crippen LogP contribution is 2.42. The van der Waals surface area contributed by atoms with E-state index in [1.54, 1.807) is 6.33 Å². The molecule has 1 aromatic carbocycles. The van der Waals surface area contributed by atoms with Crippen molar-refractivity contribution in [1.82, 2.24) is 29.5 Å². The van der Waals surface area contributed by atoms with Gasteiger partial charge in [-0.1, -0.05) is 31.1 Å². The molecular formula is C20H22N6O2. The van der Waals surface area contributed by atoms with E-state index in [2.05, 4.69) is 33.9 Å². The van der Waals surface area contributed by atoms with Gasteiger partial charge in [-0.15, -0.1) is 0 Å². The third kappa shape index (κ3) is 2.48.